The molecule has 1 nitrogen and oxygen atoms in total. The molecule has 0 saturated carbocycles. The summed E-state index contributed by atoms with van der Waals surface area (Å²) in [4.78, 5) is 0. The Balaban J connectivity index is 2.08. The first-order valence-corrected chi connectivity index (χ1v) is 6.36. The van der Waals surface area contributed by atoms with Gasteiger partial charge in [-0.2, -0.15) is 0 Å². The van der Waals surface area contributed by atoms with E-state index in [0.29, 0.717) is 22.6 Å². The largest absolute Gasteiger partial charge is 0.388 e. The number of fused-ring (bicyclic) bond motifs is 1. The third-order valence-corrected chi connectivity index (χ3v) is 3.84. The van der Waals surface area contributed by atoms with Crippen molar-refractivity contribution in [2.24, 2.45) is 0 Å². The van der Waals surface area contributed by atoms with Crippen molar-refractivity contribution in [3.8, 4) is 0 Å². The molecule has 2 aromatic rings. The zero-order chi connectivity index (χ0) is 13.6. The van der Waals surface area contributed by atoms with E-state index in [9.17, 15) is 13.9 Å². The molecule has 0 aromatic heterocycles. The van der Waals surface area contributed by atoms with Gasteiger partial charge in [0, 0.05) is 10.9 Å². The highest BCUT2D eigenvalue weighted by Gasteiger charge is 2.32. The van der Waals surface area contributed by atoms with Crippen LogP contribution in [-0.2, 0) is 0 Å². The molecule has 0 unspecified atom stereocenters. The molecule has 0 spiro atoms. The van der Waals surface area contributed by atoms with Crippen LogP contribution in [0.25, 0.3) is 0 Å². The molecule has 1 aliphatic rings. The second-order valence-corrected chi connectivity index (χ2v) is 5.19. The van der Waals surface area contributed by atoms with Crippen LogP contribution in [0.3, 0.4) is 0 Å². The van der Waals surface area contributed by atoms with E-state index >= 15 is 0 Å². The van der Waals surface area contributed by atoms with Gasteiger partial charge in [0.1, 0.15) is 0 Å². The Morgan fingerprint density at radius 1 is 1.00 bits per heavy atom. The molecular weight excluding hydrogens is 270 g/mol. The molecule has 3 rings (SSSR count). The molecule has 2 aromatic carbocycles. The van der Waals surface area contributed by atoms with Crippen LogP contribution in [0.4, 0.5) is 8.78 Å². The lowest BCUT2D eigenvalue weighted by Gasteiger charge is -2.12. The van der Waals surface area contributed by atoms with E-state index in [1.54, 1.807) is 12.1 Å². The van der Waals surface area contributed by atoms with Gasteiger partial charge >= 0.3 is 0 Å². The zero-order valence-corrected chi connectivity index (χ0v) is 10.7. The van der Waals surface area contributed by atoms with Gasteiger partial charge < -0.3 is 5.11 Å². The van der Waals surface area contributed by atoms with Crippen molar-refractivity contribution >= 4 is 11.6 Å². The van der Waals surface area contributed by atoms with Crippen LogP contribution in [0, 0.1) is 11.6 Å². The number of aliphatic hydroxyl groups excluding tert-OH is 1. The molecule has 19 heavy (non-hydrogen) atoms. The minimum absolute atomic E-state index is 0.127. The molecule has 0 heterocycles. The highest BCUT2D eigenvalue weighted by atomic mass is 35.5. The van der Waals surface area contributed by atoms with Crippen LogP contribution in [-0.4, -0.2) is 5.11 Å². The molecule has 0 amide bonds. The molecule has 0 aliphatic heterocycles. The van der Waals surface area contributed by atoms with Gasteiger partial charge in [-0.1, -0.05) is 23.7 Å². The van der Waals surface area contributed by atoms with Crippen molar-refractivity contribution in [1.29, 1.82) is 0 Å². The average Bonchev–Trinajstić information content (AvgIpc) is 2.69. The molecule has 0 radical (unpaired) electrons. The van der Waals surface area contributed by atoms with Crippen molar-refractivity contribution in [3.63, 3.8) is 0 Å². The lowest BCUT2D eigenvalue weighted by Crippen LogP contribution is -1.97. The van der Waals surface area contributed by atoms with Crippen molar-refractivity contribution in [1.82, 2.24) is 0 Å². The summed E-state index contributed by atoms with van der Waals surface area (Å²) in [6.07, 6.45) is -0.328. The van der Waals surface area contributed by atoms with E-state index < -0.39 is 17.7 Å². The van der Waals surface area contributed by atoms with Crippen LogP contribution in [0.15, 0.2) is 36.4 Å². The summed E-state index contributed by atoms with van der Waals surface area (Å²) in [5.74, 6) is -1.93. The maximum Gasteiger partial charge on any atom is 0.159 e. The number of hydrogen-bond acceptors (Lipinski definition) is 1. The predicted octanol–water partition coefficient (Wildman–Crippen LogP) is 4.19. The quantitative estimate of drug-likeness (QED) is 0.830. The topological polar surface area (TPSA) is 20.2 Å². The molecule has 2 atom stereocenters. The maximum atomic E-state index is 13.4. The number of aliphatic hydroxyl groups is 1. The maximum absolute atomic E-state index is 13.4. The van der Waals surface area contributed by atoms with Gasteiger partial charge in [0.25, 0.3) is 0 Å². The summed E-state index contributed by atoms with van der Waals surface area (Å²) in [7, 11) is 0. The first kappa shape index (κ1) is 12.6. The van der Waals surface area contributed by atoms with Crippen LogP contribution in [0.5, 0.6) is 0 Å². The average molecular weight is 281 g/mol. The molecule has 0 fully saturated rings. The van der Waals surface area contributed by atoms with Gasteiger partial charge in [-0.25, -0.2) is 8.78 Å². The Kier molecular flexibility index (Phi) is 3.03. The van der Waals surface area contributed by atoms with Crippen molar-refractivity contribution in [3.05, 3.63) is 69.7 Å². The zero-order valence-electron chi connectivity index (χ0n) is 9.91. The van der Waals surface area contributed by atoms with Gasteiger partial charge in [-0.3, -0.25) is 0 Å². The van der Waals surface area contributed by atoms with Gasteiger partial charge in [-0.15, -0.1) is 0 Å². The molecule has 1 N–H and O–H groups in total. The van der Waals surface area contributed by atoms with E-state index in [1.165, 1.54) is 6.07 Å². The number of halogens is 3. The van der Waals surface area contributed by atoms with Crippen LogP contribution in [0.2, 0.25) is 5.02 Å². The van der Waals surface area contributed by atoms with Crippen LogP contribution < -0.4 is 0 Å². The Labute approximate surface area is 114 Å². The molecule has 0 bridgehead atoms. The third kappa shape index (κ3) is 2.13. The summed E-state index contributed by atoms with van der Waals surface area (Å²) in [5.41, 5.74) is 2.06. The fourth-order valence-electron chi connectivity index (χ4n) is 2.66. The minimum Gasteiger partial charge on any atom is -0.388 e. The molecule has 98 valence electrons. The first-order chi connectivity index (χ1) is 9.06. The van der Waals surface area contributed by atoms with E-state index in [2.05, 4.69) is 0 Å². The van der Waals surface area contributed by atoms with E-state index in [-0.39, 0.29) is 5.92 Å². The van der Waals surface area contributed by atoms with Gasteiger partial charge in [0.05, 0.1) is 6.10 Å². The van der Waals surface area contributed by atoms with Gasteiger partial charge in [0.2, 0.25) is 0 Å². The van der Waals surface area contributed by atoms with E-state index in [4.69, 9.17) is 11.6 Å². The second-order valence-electron chi connectivity index (χ2n) is 4.75. The highest BCUT2D eigenvalue weighted by molar-refractivity contribution is 6.30. The number of benzene rings is 2. The fourth-order valence-corrected chi connectivity index (χ4v) is 2.78. The normalized spacial score (nSPS) is 21.5. The summed E-state index contributed by atoms with van der Waals surface area (Å²) in [6, 6.07) is 9.46. The standard InChI is InChI=1S/C15H11ClF2O/c16-9-3-1-8(2-4-9)10-7-15(19)12-6-14(18)13(17)5-11(10)12/h1-6,10,15,19H,7H2/t10-,15+/m0/s1. The smallest absolute Gasteiger partial charge is 0.159 e. The van der Waals surface area contributed by atoms with Gasteiger partial charge in [0.15, 0.2) is 11.6 Å². The molecule has 1 aliphatic carbocycles. The summed E-state index contributed by atoms with van der Waals surface area (Å²) in [5, 5.41) is 10.6. The molecular formula is C15H11ClF2O. The molecule has 4 heteroatoms. The van der Waals surface area contributed by atoms with Crippen molar-refractivity contribution in [2.45, 2.75) is 18.4 Å². The number of hydrogen-bond donors (Lipinski definition) is 1. The number of rotatable bonds is 1. The Bertz CT molecular complexity index is 625. The summed E-state index contributed by atoms with van der Waals surface area (Å²) < 4.78 is 26.6. The Morgan fingerprint density at radius 2 is 1.58 bits per heavy atom. The lowest BCUT2D eigenvalue weighted by atomic mass is 9.93. The van der Waals surface area contributed by atoms with Crippen LogP contribution >= 0.6 is 11.6 Å². The first-order valence-electron chi connectivity index (χ1n) is 5.98. The van der Waals surface area contributed by atoms with E-state index in [1.807, 2.05) is 12.1 Å². The minimum atomic E-state index is -0.922. The Morgan fingerprint density at radius 3 is 2.21 bits per heavy atom. The fraction of sp³-hybridized carbons (Fsp3) is 0.200. The SMILES string of the molecule is O[C@@H]1C[C@@H](c2ccc(Cl)cc2)c2cc(F)c(F)cc21. The Hall–Kier alpha value is -1.45. The summed E-state index contributed by atoms with van der Waals surface area (Å²) in [6.45, 7) is 0. The summed E-state index contributed by atoms with van der Waals surface area (Å²) >= 11 is 5.83. The van der Waals surface area contributed by atoms with Gasteiger partial charge in [-0.05, 0) is 47.4 Å². The third-order valence-electron chi connectivity index (χ3n) is 3.59. The highest BCUT2D eigenvalue weighted by Crippen LogP contribution is 2.44. The van der Waals surface area contributed by atoms with Crippen LogP contribution in [0.1, 0.15) is 35.1 Å². The lowest BCUT2D eigenvalue weighted by molar-refractivity contribution is 0.176. The van der Waals surface area contributed by atoms with Crippen molar-refractivity contribution in [2.75, 3.05) is 0 Å². The molecule has 0 saturated heterocycles. The monoisotopic (exact) mass is 280 g/mol. The predicted molar refractivity (Wildman–Crippen MR) is 69.2 cm³/mol. The van der Waals surface area contributed by atoms with E-state index in [0.717, 1.165) is 11.6 Å². The van der Waals surface area contributed by atoms with Crippen molar-refractivity contribution < 1.29 is 13.9 Å². The second kappa shape index (κ2) is 4.58.